The topological polar surface area (TPSA) is 26.3 Å². The van der Waals surface area contributed by atoms with Crippen LogP contribution in [0.25, 0.3) is 0 Å². The van der Waals surface area contributed by atoms with Crippen LogP contribution in [0.4, 0.5) is 0 Å². The molecule has 0 heterocycles. The molecule has 0 saturated heterocycles. The van der Waals surface area contributed by atoms with E-state index in [1.54, 1.807) is 5.57 Å². The molecule has 0 unspecified atom stereocenters. The molecule has 0 amide bonds. The van der Waals surface area contributed by atoms with Gasteiger partial charge in [0, 0.05) is 12.8 Å². The van der Waals surface area contributed by atoms with Crippen LogP contribution < -0.4 is 0 Å². The number of rotatable bonds is 11. The van der Waals surface area contributed by atoms with Crippen LogP contribution >= 0.6 is 0 Å². The zero-order chi connectivity index (χ0) is 25.4. The molecule has 0 aromatic heterocycles. The number of ether oxygens (including phenoxy) is 1. The molecule has 0 bridgehead atoms. The average molecular weight is 483 g/mol. The summed E-state index contributed by atoms with van der Waals surface area (Å²) in [6.07, 6.45) is 22.2. The maximum atomic E-state index is 12.2. The summed E-state index contributed by atoms with van der Waals surface area (Å²) in [6, 6.07) is 0. The summed E-state index contributed by atoms with van der Waals surface area (Å²) in [6.45, 7) is 16.4. The quantitative estimate of drug-likeness (QED) is 0.216. The fourth-order valence-electron chi connectivity index (χ4n) is 7.51. The Bertz CT molecular complexity index is 772. The highest BCUT2D eigenvalue weighted by Gasteiger charge is 2.50. The third-order valence-electron chi connectivity index (χ3n) is 9.62. The van der Waals surface area contributed by atoms with Gasteiger partial charge in [0.1, 0.15) is 6.10 Å². The summed E-state index contributed by atoms with van der Waals surface area (Å²) in [5, 5.41) is 0. The Balaban J connectivity index is 1.62. The largest absolute Gasteiger partial charge is 0.462 e. The Kier molecular flexibility index (Phi) is 10.7. The van der Waals surface area contributed by atoms with Gasteiger partial charge in [-0.15, -0.1) is 0 Å². The van der Waals surface area contributed by atoms with E-state index in [1.165, 1.54) is 62.5 Å². The molecule has 0 N–H and O–H groups in total. The second kappa shape index (κ2) is 13.3. The van der Waals surface area contributed by atoms with Crippen LogP contribution in [0.3, 0.4) is 0 Å². The first kappa shape index (κ1) is 28.3. The predicted molar refractivity (Wildman–Crippen MR) is 149 cm³/mol. The lowest BCUT2D eigenvalue weighted by molar-refractivity contribution is -0.149. The minimum atomic E-state index is -0.0174. The highest BCUT2D eigenvalue weighted by molar-refractivity contribution is 5.69. The Morgan fingerprint density at radius 1 is 1.09 bits per heavy atom. The van der Waals surface area contributed by atoms with Crippen LogP contribution in [0.1, 0.15) is 131 Å². The predicted octanol–water partition coefficient (Wildman–Crippen LogP) is 9.75. The number of carbonyl (C=O) groups is 1. The SMILES string of the molecule is C=C1CC[C@H](OC(=O)CCCCC)C/C1=C/C=C1\CCC[C@]2(C)[C@@H]([C@H](C)CCCC(C)C)CC[C@@H]12. The molecular weight excluding hydrogens is 428 g/mol. The lowest BCUT2D eigenvalue weighted by Crippen LogP contribution is -2.36. The highest BCUT2D eigenvalue weighted by atomic mass is 16.5. The van der Waals surface area contributed by atoms with Gasteiger partial charge in [-0.05, 0) is 86.0 Å². The molecule has 3 rings (SSSR count). The van der Waals surface area contributed by atoms with Gasteiger partial charge in [0.05, 0.1) is 0 Å². The molecule has 0 aromatic rings. The molecule has 3 saturated carbocycles. The summed E-state index contributed by atoms with van der Waals surface area (Å²) >= 11 is 0. The molecule has 2 nitrogen and oxygen atoms in total. The van der Waals surface area contributed by atoms with E-state index in [0.29, 0.717) is 11.8 Å². The van der Waals surface area contributed by atoms with E-state index in [4.69, 9.17) is 4.74 Å². The molecule has 0 aliphatic heterocycles. The summed E-state index contributed by atoms with van der Waals surface area (Å²) in [7, 11) is 0. The first-order valence-electron chi connectivity index (χ1n) is 15.0. The third kappa shape index (κ3) is 7.59. The monoisotopic (exact) mass is 482 g/mol. The standard InChI is InChI=1S/C33H54O2/c1-7-8-9-15-32(34)35-29-19-16-25(4)28(23-29)18-17-27-14-11-22-33(6)30(20-21-31(27)33)26(5)13-10-12-24(2)3/h17-18,24,26,29-31H,4,7-16,19-23H2,1-3,5-6H3/b27-17+,28-18-/t26-,29+,30-,31+,33-/m1/s1. The zero-order valence-corrected chi connectivity index (χ0v) is 23.7. The fourth-order valence-corrected chi connectivity index (χ4v) is 7.51. The van der Waals surface area contributed by atoms with Gasteiger partial charge in [0.25, 0.3) is 0 Å². The Hall–Kier alpha value is -1.31. The average Bonchev–Trinajstić information content (AvgIpc) is 3.17. The van der Waals surface area contributed by atoms with Gasteiger partial charge in [0.15, 0.2) is 0 Å². The molecule has 0 spiro atoms. The van der Waals surface area contributed by atoms with Gasteiger partial charge in [-0.1, -0.05) is 96.6 Å². The molecule has 0 radical (unpaired) electrons. The normalized spacial score (nSPS) is 32.3. The van der Waals surface area contributed by atoms with Crippen molar-refractivity contribution in [1.29, 1.82) is 0 Å². The molecule has 3 fully saturated rings. The third-order valence-corrected chi connectivity index (χ3v) is 9.62. The second-order valence-corrected chi connectivity index (χ2v) is 12.7. The first-order valence-corrected chi connectivity index (χ1v) is 15.0. The van der Waals surface area contributed by atoms with Crippen LogP contribution in [-0.4, -0.2) is 12.1 Å². The van der Waals surface area contributed by atoms with Crippen molar-refractivity contribution in [3.63, 3.8) is 0 Å². The number of hydrogen-bond acceptors (Lipinski definition) is 2. The van der Waals surface area contributed by atoms with Crippen LogP contribution in [0, 0.1) is 29.1 Å². The maximum Gasteiger partial charge on any atom is 0.306 e. The number of carbonyl (C=O) groups excluding carboxylic acids is 1. The molecule has 0 aromatic carbocycles. The number of esters is 1. The Labute approximate surface area is 217 Å². The van der Waals surface area contributed by atoms with Gasteiger partial charge < -0.3 is 4.74 Å². The number of allylic oxidation sites excluding steroid dienone is 4. The smallest absolute Gasteiger partial charge is 0.306 e. The fraction of sp³-hybridized carbons (Fsp3) is 0.788. The summed E-state index contributed by atoms with van der Waals surface area (Å²) in [5.74, 6) is 3.26. The summed E-state index contributed by atoms with van der Waals surface area (Å²) < 4.78 is 5.84. The van der Waals surface area contributed by atoms with E-state index in [1.807, 2.05) is 0 Å². The van der Waals surface area contributed by atoms with Crippen LogP contribution in [-0.2, 0) is 9.53 Å². The van der Waals surface area contributed by atoms with Crippen molar-refractivity contribution in [2.24, 2.45) is 29.1 Å². The Morgan fingerprint density at radius 2 is 1.89 bits per heavy atom. The molecule has 2 heteroatoms. The van der Waals surface area contributed by atoms with Crippen molar-refractivity contribution in [3.05, 3.63) is 35.5 Å². The number of fused-ring (bicyclic) bond motifs is 1. The molecule has 3 aliphatic rings. The minimum Gasteiger partial charge on any atom is -0.462 e. The Morgan fingerprint density at radius 3 is 2.63 bits per heavy atom. The van der Waals surface area contributed by atoms with Gasteiger partial charge >= 0.3 is 5.97 Å². The van der Waals surface area contributed by atoms with Crippen molar-refractivity contribution in [2.45, 2.75) is 137 Å². The highest BCUT2D eigenvalue weighted by Crippen LogP contribution is 2.60. The minimum absolute atomic E-state index is 0.0174. The number of unbranched alkanes of at least 4 members (excludes halogenated alkanes) is 2. The van der Waals surface area contributed by atoms with Gasteiger partial charge in [-0.2, -0.15) is 0 Å². The van der Waals surface area contributed by atoms with Crippen molar-refractivity contribution in [1.82, 2.24) is 0 Å². The summed E-state index contributed by atoms with van der Waals surface area (Å²) in [4.78, 5) is 12.2. The van der Waals surface area contributed by atoms with Crippen LogP contribution in [0.15, 0.2) is 35.5 Å². The van der Waals surface area contributed by atoms with Gasteiger partial charge in [0.2, 0.25) is 0 Å². The number of hydrogen-bond donors (Lipinski definition) is 0. The van der Waals surface area contributed by atoms with E-state index >= 15 is 0 Å². The van der Waals surface area contributed by atoms with E-state index in [-0.39, 0.29) is 12.1 Å². The maximum absolute atomic E-state index is 12.2. The lowest BCUT2D eigenvalue weighted by Gasteiger charge is -2.44. The van der Waals surface area contributed by atoms with E-state index in [2.05, 4.69) is 53.3 Å². The molecule has 198 valence electrons. The van der Waals surface area contributed by atoms with E-state index < -0.39 is 0 Å². The zero-order valence-electron chi connectivity index (χ0n) is 23.7. The van der Waals surface area contributed by atoms with Crippen molar-refractivity contribution in [3.8, 4) is 0 Å². The van der Waals surface area contributed by atoms with Crippen molar-refractivity contribution < 1.29 is 9.53 Å². The lowest BCUT2D eigenvalue weighted by atomic mass is 9.60. The summed E-state index contributed by atoms with van der Waals surface area (Å²) in [5.41, 5.74) is 4.69. The van der Waals surface area contributed by atoms with Crippen LogP contribution in [0.5, 0.6) is 0 Å². The van der Waals surface area contributed by atoms with Gasteiger partial charge in [-0.3, -0.25) is 4.79 Å². The molecule has 35 heavy (non-hydrogen) atoms. The van der Waals surface area contributed by atoms with Crippen LogP contribution in [0.2, 0.25) is 0 Å². The van der Waals surface area contributed by atoms with E-state index in [9.17, 15) is 4.79 Å². The van der Waals surface area contributed by atoms with Gasteiger partial charge in [-0.25, -0.2) is 0 Å². The second-order valence-electron chi connectivity index (χ2n) is 12.7. The van der Waals surface area contributed by atoms with Crippen molar-refractivity contribution >= 4 is 5.97 Å². The first-order chi connectivity index (χ1) is 16.7. The molecular formula is C33H54O2. The molecule has 3 aliphatic carbocycles. The van der Waals surface area contributed by atoms with E-state index in [0.717, 1.165) is 62.2 Å². The van der Waals surface area contributed by atoms with Crippen molar-refractivity contribution in [2.75, 3.05) is 0 Å². The molecule has 5 atom stereocenters.